The van der Waals surface area contributed by atoms with Crippen molar-refractivity contribution in [3.8, 4) is 6.01 Å². The van der Waals surface area contributed by atoms with Crippen LogP contribution in [0.25, 0.3) is 0 Å². The number of halogens is 4. The quantitative estimate of drug-likeness (QED) is 0.0939. The summed E-state index contributed by atoms with van der Waals surface area (Å²) in [5.74, 6) is -3.57. The van der Waals surface area contributed by atoms with Crippen LogP contribution in [0.5, 0.6) is 6.01 Å². The molecule has 6 N–H and O–H groups in total. The second kappa shape index (κ2) is 16.7. The number of aromatic nitrogens is 3. The van der Waals surface area contributed by atoms with E-state index >= 15 is 0 Å². The SMILES string of the molecule is O=C(CCC1(CN2CCCN2)CC1)C(=O)NCC[C@H](NC(=O)c1ccc(Nc2nc(NC3(c4ccc(Cl)cc4)CC3)nc(OCC(F)(F)F)n2)cc1)C(=O)O. The van der Waals surface area contributed by atoms with Crippen molar-refractivity contribution in [3.05, 3.63) is 64.7 Å². The number of carboxylic acids is 1. The number of carbonyl (C=O) groups excluding carboxylic acids is 3. The highest BCUT2D eigenvalue weighted by Gasteiger charge is 2.46. The maximum atomic E-state index is 13.0. The van der Waals surface area contributed by atoms with Gasteiger partial charge in [0.2, 0.25) is 17.7 Å². The van der Waals surface area contributed by atoms with Gasteiger partial charge in [-0.2, -0.15) is 28.1 Å². The van der Waals surface area contributed by atoms with Crippen molar-refractivity contribution in [3.63, 3.8) is 0 Å². The first kappa shape index (κ1) is 39.6. The van der Waals surface area contributed by atoms with E-state index in [2.05, 4.69) is 46.7 Å². The van der Waals surface area contributed by atoms with E-state index < -0.39 is 53.9 Å². The van der Waals surface area contributed by atoms with Gasteiger partial charge < -0.3 is 31.1 Å². The molecule has 0 unspecified atom stereocenters. The normalized spacial score (nSPS) is 17.5. The minimum atomic E-state index is -4.64. The second-order valence-corrected chi connectivity index (χ2v) is 14.5. The highest BCUT2D eigenvalue weighted by Crippen LogP contribution is 2.50. The number of hydrogen-bond acceptors (Lipinski definition) is 12. The van der Waals surface area contributed by atoms with Crippen LogP contribution in [0.15, 0.2) is 48.5 Å². The molecule has 55 heavy (non-hydrogen) atoms. The molecule has 0 spiro atoms. The Labute approximate surface area is 319 Å². The summed E-state index contributed by atoms with van der Waals surface area (Å²) in [6.45, 7) is 0.974. The van der Waals surface area contributed by atoms with Gasteiger partial charge in [-0.1, -0.05) is 23.7 Å². The summed E-state index contributed by atoms with van der Waals surface area (Å²) in [6.07, 6.45) is 0.418. The minimum absolute atomic E-state index is 0.0317. The maximum Gasteiger partial charge on any atom is 0.422 e. The number of carbonyl (C=O) groups is 4. The Morgan fingerprint density at radius 2 is 1.69 bits per heavy atom. The summed E-state index contributed by atoms with van der Waals surface area (Å²) < 4.78 is 43.7. The van der Waals surface area contributed by atoms with Crippen molar-refractivity contribution in [2.45, 2.75) is 69.1 Å². The van der Waals surface area contributed by atoms with E-state index in [1.54, 1.807) is 12.1 Å². The zero-order valence-corrected chi connectivity index (χ0v) is 30.4. The van der Waals surface area contributed by atoms with E-state index in [0.717, 1.165) is 44.5 Å². The average molecular weight is 788 g/mol. The van der Waals surface area contributed by atoms with Gasteiger partial charge in [-0.15, -0.1) is 0 Å². The van der Waals surface area contributed by atoms with Crippen molar-refractivity contribution < 1.29 is 42.2 Å². The molecule has 1 aromatic heterocycles. The Hall–Kier alpha value is -5.07. The highest BCUT2D eigenvalue weighted by molar-refractivity contribution is 6.36. The molecule has 2 aromatic carbocycles. The van der Waals surface area contributed by atoms with Crippen LogP contribution in [-0.2, 0) is 19.9 Å². The lowest BCUT2D eigenvalue weighted by Crippen LogP contribution is -2.43. The van der Waals surface area contributed by atoms with Gasteiger partial charge in [0.05, 0.1) is 5.54 Å². The van der Waals surface area contributed by atoms with Crippen LogP contribution in [0, 0.1) is 5.41 Å². The number of rotatable bonds is 19. The zero-order chi connectivity index (χ0) is 39.2. The van der Waals surface area contributed by atoms with Crippen molar-refractivity contribution in [2.24, 2.45) is 5.41 Å². The van der Waals surface area contributed by atoms with E-state index in [9.17, 15) is 37.5 Å². The van der Waals surface area contributed by atoms with Gasteiger partial charge >= 0.3 is 18.2 Å². The number of benzene rings is 2. The smallest absolute Gasteiger partial charge is 0.422 e. The Morgan fingerprint density at radius 3 is 2.31 bits per heavy atom. The fourth-order valence-corrected chi connectivity index (χ4v) is 6.44. The van der Waals surface area contributed by atoms with Gasteiger partial charge in [0.1, 0.15) is 6.04 Å². The Kier molecular flexibility index (Phi) is 12.1. The summed E-state index contributed by atoms with van der Waals surface area (Å²) in [4.78, 5) is 62.1. The summed E-state index contributed by atoms with van der Waals surface area (Å²) >= 11 is 6.03. The number of amides is 2. The molecule has 3 fully saturated rings. The highest BCUT2D eigenvalue weighted by atomic mass is 35.5. The lowest BCUT2D eigenvalue weighted by Gasteiger charge is -2.22. The van der Waals surface area contributed by atoms with Crippen LogP contribution in [0.3, 0.4) is 0 Å². The second-order valence-electron chi connectivity index (χ2n) is 14.1. The summed E-state index contributed by atoms with van der Waals surface area (Å²) in [7, 11) is 0. The number of alkyl halides is 3. The number of Topliss-reactive ketones (excluding diaryl/α,β-unsaturated/α-hetero) is 1. The van der Waals surface area contributed by atoms with Gasteiger partial charge in [0, 0.05) is 48.9 Å². The van der Waals surface area contributed by atoms with E-state index in [-0.39, 0.29) is 42.3 Å². The molecule has 1 aliphatic heterocycles. The van der Waals surface area contributed by atoms with Crippen LogP contribution in [0.2, 0.25) is 5.02 Å². The van der Waals surface area contributed by atoms with Gasteiger partial charge in [-0.25, -0.2) is 9.80 Å². The number of aliphatic carboxylic acids is 1. The standard InChI is InChI=1S/C36H41ClF3N9O6/c37-24-6-4-23(5-7-24)35(15-16-35)48-32-45-31(46-33(47-32)55-21-36(38,39)40)43-25-8-2-22(3-9-25)28(51)44-26(30(53)54)11-18-41-29(52)27(50)10-12-34(13-14-34)20-49-19-1-17-42-49/h2-9,26,42H,1,10-21H2,(H,41,52)(H,44,51)(H,53,54)(H2,43,45,46,47,48)/t26-/m0/s1. The lowest BCUT2D eigenvalue weighted by atomic mass is 9.98. The molecule has 3 aliphatic rings. The molecule has 1 atom stereocenters. The third kappa shape index (κ3) is 11.2. The topological polar surface area (TPSA) is 200 Å². The summed E-state index contributed by atoms with van der Waals surface area (Å²) in [5, 5.41) is 23.4. The number of carboxylic acid groups (broad SMARTS) is 1. The monoisotopic (exact) mass is 787 g/mol. The van der Waals surface area contributed by atoms with E-state index in [1.165, 1.54) is 24.3 Å². The maximum absolute atomic E-state index is 13.0. The first-order chi connectivity index (χ1) is 26.2. The molecule has 19 heteroatoms. The number of ketones is 1. The fourth-order valence-electron chi connectivity index (χ4n) is 6.32. The van der Waals surface area contributed by atoms with Crippen molar-refractivity contribution in [1.29, 1.82) is 0 Å². The molecular weight excluding hydrogens is 747 g/mol. The molecule has 294 valence electrons. The van der Waals surface area contributed by atoms with Gasteiger partial charge in [-0.3, -0.25) is 19.8 Å². The van der Waals surface area contributed by atoms with E-state index in [1.807, 2.05) is 12.1 Å². The molecule has 0 radical (unpaired) electrons. The van der Waals surface area contributed by atoms with E-state index in [0.29, 0.717) is 30.0 Å². The molecule has 2 heterocycles. The molecule has 3 aromatic rings. The van der Waals surface area contributed by atoms with Gasteiger partial charge in [-0.05, 0) is 92.3 Å². The number of anilines is 3. The third-order valence-electron chi connectivity index (χ3n) is 9.76. The number of hydrazine groups is 1. The van der Waals surface area contributed by atoms with Crippen LogP contribution in [-0.4, -0.2) is 93.6 Å². The molecule has 1 saturated heterocycles. The predicted molar refractivity (Wildman–Crippen MR) is 194 cm³/mol. The molecule has 2 saturated carbocycles. The first-order valence-electron chi connectivity index (χ1n) is 17.9. The fraction of sp³-hybridized carbons (Fsp3) is 0.472. The molecule has 2 amide bonds. The van der Waals surface area contributed by atoms with Crippen LogP contribution < -0.4 is 31.4 Å². The van der Waals surface area contributed by atoms with Crippen molar-refractivity contribution >= 4 is 52.8 Å². The Bertz CT molecular complexity index is 1870. The van der Waals surface area contributed by atoms with Crippen molar-refractivity contribution in [1.82, 2.24) is 36.0 Å². The molecule has 15 nitrogen and oxygen atoms in total. The zero-order valence-electron chi connectivity index (χ0n) is 29.7. The van der Waals surface area contributed by atoms with Crippen LogP contribution in [0.4, 0.5) is 30.8 Å². The Balaban J connectivity index is 1.01. The Morgan fingerprint density at radius 1 is 0.982 bits per heavy atom. The summed E-state index contributed by atoms with van der Waals surface area (Å²) in [5.41, 5.74) is 4.14. The largest absolute Gasteiger partial charge is 0.480 e. The lowest BCUT2D eigenvalue weighted by molar-refractivity contribution is -0.154. The molecule has 6 rings (SSSR count). The van der Waals surface area contributed by atoms with Crippen LogP contribution >= 0.6 is 11.6 Å². The van der Waals surface area contributed by atoms with Crippen LogP contribution in [0.1, 0.15) is 67.3 Å². The molecule has 0 bridgehead atoms. The molecule has 2 aliphatic carbocycles. The minimum Gasteiger partial charge on any atom is -0.480 e. The number of hydrogen-bond donors (Lipinski definition) is 6. The van der Waals surface area contributed by atoms with Crippen molar-refractivity contribution in [2.75, 3.05) is 43.4 Å². The van der Waals surface area contributed by atoms with E-state index in [4.69, 9.17) is 16.3 Å². The third-order valence-corrected chi connectivity index (χ3v) is 10.0. The average Bonchev–Trinajstić information content (AvgIpc) is 4.05. The summed E-state index contributed by atoms with van der Waals surface area (Å²) in [6, 6.07) is 10.9. The first-order valence-corrected chi connectivity index (χ1v) is 18.3. The predicted octanol–water partition coefficient (Wildman–Crippen LogP) is 4.34. The number of nitrogens with one attached hydrogen (secondary N) is 5. The molecular formula is C36H41ClF3N9O6. The van der Waals surface area contributed by atoms with Gasteiger partial charge in [0.25, 0.3) is 11.8 Å². The van der Waals surface area contributed by atoms with Gasteiger partial charge in [0.15, 0.2) is 6.61 Å². The number of nitrogens with zero attached hydrogens (tertiary/aromatic N) is 4. The number of ether oxygens (including phenoxy) is 1.